The first-order chi connectivity index (χ1) is 13.5. The second kappa shape index (κ2) is 7.84. The van der Waals surface area contributed by atoms with E-state index in [0.29, 0.717) is 6.54 Å². The molecule has 5 heteroatoms. The topological polar surface area (TPSA) is 46.1 Å². The van der Waals surface area contributed by atoms with E-state index < -0.39 is 0 Å². The second-order valence-corrected chi connectivity index (χ2v) is 8.87. The summed E-state index contributed by atoms with van der Waals surface area (Å²) in [6.07, 6.45) is 3.98. The predicted octanol–water partition coefficient (Wildman–Crippen LogP) is 5.15. The highest BCUT2D eigenvalue weighted by molar-refractivity contribution is 7.13. The highest BCUT2D eigenvalue weighted by Gasteiger charge is 2.29. The van der Waals surface area contributed by atoms with Gasteiger partial charge >= 0.3 is 0 Å². The van der Waals surface area contributed by atoms with E-state index in [1.807, 2.05) is 37.1 Å². The molecule has 1 amide bonds. The van der Waals surface area contributed by atoms with Crippen LogP contribution in [-0.4, -0.2) is 33.9 Å². The number of hydrogen-bond acceptors (Lipinski definition) is 4. The van der Waals surface area contributed by atoms with Crippen LogP contribution in [0.3, 0.4) is 0 Å². The van der Waals surface area contributed by atoms with Gasteiger partial charge in [0, 0.05) is 35.6 Å². The van der Waals surface area contributed by atoms with Crippen LogP contribution in [0.4, 0.5) is 0 Å². The lowest BCUT2D eigenvalue weighted by atomic mass is 9.89. The zero-order chi connectivity index (χ0) is 19.7. The Balaban J connectivity index is 1.65. The molecule has 0 unspecified atom stereocenters. The lowest BCUT2D eigenvalue weighted by Gasteiger charge is -2.33. The normalized spacial score (nSPS) is 17.0. The van der Waals surface area contributed by atoms with Gasteiger partial charge in [-0.05, 0) is 51.3 Å². The molecule has 0 spiro atoms. The molecule has 144 valence electrons. The highest BCUT2D eigenvalue weighted by Crippen LogP contribution is 2.34. The van der Waals surface area contributed by atoms with E-state index in [9.17, 15) is 4.79 Å². The van der Waals surface area contributed by atoms with Gasteiger partial charge in [0.1, 0.15) is 5.82 Å². The minimum absolute atomic E-state index is 0.144. The number of benzene rings is 1. The van der Waals surface area contributed by atoms with E-state index in [1.54, 1.807) is 11.3 Å². The van der Waals surface area contributed by atoms with E-state index in [1.165, 1.54) is 10.4 Å². The fourth-order valence-electron chi connectivity index (χ4n) is 3.92. The van der Waals surface area contributed by atoms with Gasteiger partial charge in [-0.3, -0.25) is 4.79 Å². The highest BCUT2D eigenvalue weighted by atomic mass is 32.1. The lowest BCUT2D eigenvalue weighted by Crippen LogP contribution is -2.39. The number of piperidine rings is 1. The summed E-state index contributed by atoms with van der Waals surface area (Å²) in [6.45, 7) is 7.60. The maximum absolute atomic E-state index is 13.0. The molecule has 0 bridgehead atoms. The van der Waals surface area contributed by atoms with Crippen LogP contribution in [0.25, 0.3) is 11.1 Å². The molecule has 1 saturated heterocycles. The van der Waals surface area contributed by atoms with Crippen LogP contribution in [0.15, 0.2) is 42.6 Å². The molecule has 1 aromatic carbocycles. The summed E-state index contributed by atoms with van der Waals surface area (Å²) >= 11 is 1.57. The number of hydrogen-bond donors (Lipinski definition) is 0. The van der Waals surface area contributed by atoms with Crippen molar-refractivity contribution in [2.75, 3.05) is 13.1 Å². The third-order valence-electron chi connectivity index (χ3n) is 5.31. The summed E-state index contributed by atoms with van der Waals surface area (Å²) in [6, 6.07) is 12.4. The van der Waals surface area contributed by atoms with Gasteiger partial charge in [-0.15, -0.1) is 11.3 Å². The van der Waals surface area contributed by atoms with Crippen molar-refractivity contribution in [1.82, 2.24) is 14.9 Å². The lowest BCUT2D eigenvalue weighted by molar-refractivity contribution is 0.0711. The van der Waals surface area contributed by atoms with E-state index in [2.05, 4.69) is 36.2 Å². The van der Waals surface area contributed by atoms with Crippen molar-refractivity contribution in [2.45, 2.75) is 39.5 Å². The maximum Gasteiger partial charge on any atom is 0.263 e. The summed E-state index contributed by atoms with van der Waals surface area (Å²) < 4.78 is 0. The van der Waals surface area contributed by atoms with Gasteiger partial charge in [0.25, 0.3) is 5.91 Å². The number of aromatic nitrogens is 2. The summed E-state index contributed by atoms with van der Waals surface area (Å²) in [4.78, 5) is 26.2. The number of carbonyl (C=O) groups is 1. The maximum atomic E-state index is 13.0. The van der Waals surface area contributed by atoms with Crippen molar-refractivity contribution in [3.63, 3.8) is 0 Å². The van der Waals surface area contributed by atoms with Crippen molar-refractivity contribution in [3.05, 3.63) is 69.4 Å². The van der Waals surface area contributed by atoms with Gasteiger partial charge in [-0.25, -0.2) is 9.97 Å². The van der Waals surface area contributed by atoms with Crippen LogP contribution in [0.2, 0.25) is 0 Å². The summed E-state index contributed by atoms with van der Waals surface area (Å²) in [5.74, 6) is 1.16. The van der Waals surface area contributed by atoms with Gasteiger partial charge in [-0.1, -0.05) is 29.8 Å². The Hall–Kier alpha value is -2.53. The van der Waals surface area contributed by atoms with E-state index in [-0.39, 0.29) is 11.8 Å². The smallest absolute Gasteiger partial charge is 0.263 e. The van der Waals surface area contributed by atoms with Gasteiger partial charge < -0.3 is 4.90 Å². The summed E-state index contributed by atoms with van der Waals surface area (Å²) in [5, 5.41) is 0. The molecule has 1 fully saturated rings. The van der Waals surface area contributed by atoms with Gasteiger partial charge in [0.2, 0.25) is 0 Å². The standard InChI is InChI=1S/C23H25N3OS/c1-15-6-4-7-18(12-15)20-13-24-17(3)25-22(20)19-8-5-11-26(14-19)23(27)21-10-9-16(2)28-21/h4,6-7,9-10,12-13,19H,5,8,11,14H2,1-3H3/t19-/m1/s1. The van der Waals surface area contributed by atoms with Crippen molar-refractivity contribution < 1.29 is 4.79 Å². The SMILES string of the molecule is Cc1cccc(-c2cnc(C)nc2[C@@H]2CCCN(C(=O)c3ccc(C)s3)C2)c1. The van der Waals surface area contributed by atoms with Crippen molar-refractivity contribution >= 4 is 17.2 Å². The molecule has 1 atom stereocenters. The number of thiophene rings is 1. The molecule has 4 rings (SSSR count). The fraction of sp³-hybridized carbons (Fsp3) is 0.348. The van der Waals surface area contributed by atoms with Crippen LogP contribution in [0.5, 0.6) is 0 Å². The Morgan fingerprint density at radius 1 is 1.18 bits per heavy atom. The predicted molar refractivity (Wildman–Crippen MR) is 114 cm³/mol. The number of carbonyl (C=O) groups excluding carboxylic acids is 1. The van der Waals surface area contributed by atoms with E-state index >= 15 is 0 Å². The monoisotopic (exact) mass is 391 g/mol. The van der Waals surface area contributed by atoms with Gasteiger partial charge in [0.05, 0.1) is 10.6 Å². The van der Waals surface area contributed by atoms with E-state index in [0.717, 1.165) is 46.9 Å². The van der Waals surface area contributed by atoms with Crippen LogP contribution in [-0.2, 0) is 0 Å². The number of nitrogens with zero attached hydrogens (tertiary/aromatic N) is 3. The second-order valence-electron chi connectivity index (χ2n) is 7.59. The molecule has 0 radical (unpaired) electrons. The van der Waals surface area contributed by atoms with Crippen LogP contribution < -0.4 is 0 Å². The zero-order valence-electron chi connectivity index (χ0n) is 16.6. The first-order valence-corrected chi connectivity index (χ1v) is 10.6. The molecule has 0 saturated carbocycles. The van der Waals surface area contributed by atoms with E-state index in [4.69, 9.17) is 4.98 Å². The van der Waals surface area contributed by atoms with Crippen molar-refractivity contribution in [1.29, 1.82) is 0 Å². The number of likely N-dealkylation sites (tertiary alicyclic amines) is 1. The number of amides is 1. The molecule has 4 nitrogen and oxygen atoms in total. The summed E-state index contributed by atoms with van der Waals surface area (Å²) in [5.41, 5.74) is 4.52. The summed E-state index contributed by atoms with van der Waals surface area (Å²) in [7, 11) is 0. The quantitative estimate of drug-likeness (QED) is 0.620. The first kappa shape index (κ1) is 18.8. The molecular weight excluding hydrogens is 366 g/mol. The first-order valence-electron chi connectivity index (χ1n) is 9.77. The average molecular weight is 392 g/mol. The van der Waals surface area contributed by atoms with Crippen LogP contribution in [0.1, 0.15) is 50.4 Å². The Morgan fingerprint density at radius 3 is 2.79 bits per heavy atom. The van der Waals surface area contributed by atoms with Gasteiger partial charge in [0.15, 0.2) is 0 Å². The molecule has 28 heavy (non-hydrogen) atoms. The number of rotatable bonds is 3. The molecule has 1 aliphatic rings. The third kappa shape index (κ3) is 3.85. The Morgan fingerprint density at radius 2 is 2.04 bits per heavy atom. The minimum atomic E-state index is 0.144. The largest absolute Gasteiger partial charge is 0.337 e. The zero-order valence-corrected chi connectivity index (χ0v) is 17.4. The number of aryl methyl sites for hydroxylation is 3. The Bertz CT molecular complexity index is 1010. The molecule has 0 aliphatic carbocycles. The van der Waals surface area contributed by atoms with Crippen molar-refractivity contribution in [2.24, 2.45) is 0 Å². The molecule has 3 heterocycles. The molecule has 0 N–H and O–H groups in total. The van der Waals surface area contributed by atoms with Crippen molar-refractivity contribution in [3.8, 4) is 11.1 Å². The van der Waals surface area contributed by atoms with Gasteiger partial charge in [-0.2, -0.15) is 0 Å². The van der Waals surface area contributed by atoms with Crippen LogP contribution in [0, 0.1) is 20.8 Å². The molecule has 1 aliphatic heterocycles. The molecule has 3 aromatic rings. The fourth-order valence-corrected chi connectivity index (χ4v) is 4.76. The Labute approximate surface area is 170 Å². The minimum Gasteiger partial charge on any atom is -0.337 e. The molecule has 2 aromatic heterocycles. The Kier molecular flexibility index (Phi) is 5.27. The molecular formula is C23H25N3OS. The third-order valence-corrected chi connectivity index (χ3v) is 6.30. The van der Waals surface area contributed by atoms with Crippen LogP contribution >= 0.6 is 11.3 Å². The average Bonchev–Trinajstić information content (AvgIpc) is 3.14.